The van der Waals surface area contributed by atoms with Crippen LogP contribution in [-0.4, -0.2) is 19.9 Å². The summed E-state index contributed by atoms with van der Waals surface area (Å²) in [4.78, 5) is 25.2. The third-order valence-corrected chi connectivity index (χ3v) is 5.94. The number of ketones is 2. The van der Waals surface area contributed by atoms with Gasteiger partial charge in [0.05, 0.1) is 11.2 Å². The maximum absolute atomic E-state index is 12.9. The van der Waals surface area contributed by atoms with Crippen LogP contribution in [0.4, 0.5) is 0 Å². The van der Waals surface area contributed by atoms with Gasteiger partial charge in [-0.1, -0.05) is 20.8 Å². The van der Waals surface area contributed by atoms with E-state index < -0.39 is 19.1 Å². The van der Waals surface area contributed by atoms with Crippen molar-refractivity contribution in [2.45, 2.75) is 60.2 Å². The van der Waals surface area contributed by atoms with E-state index in [4.69, 9.17) is 4.43 Å². The Balaban J connectivity index is 2.50. The molecule has 0 saturated heterocycles. The summed E-state index contributed by atoms with van der Waals surface area (Å²) in [6, 6.07) is 0. The minimum absolute atomic E-state index is 0.0408. The Bertz CT molecular complexity index is 513. The number of hydrogen-bond acceptors (Lipinski definition) is 3. The van der Waals surface area contributed by atoms with Crippen molar-refractivity contribution in [3.05, 3.63) is 11.8 Å². The van der Waals surface area contributed by atoms with Crippen LogP contribution >= 0.6 is 0 Å². The zero-order valence-electron chi connectivity index (χ0n) is 14.4. The van der Waals surface area contributed by atoms with E-state index in [1.54, 1.807) is 0 Å². The normalized spacial score (nSPS) is 34.6. The molecule has 1 saturated carbocycles. The van der Waals surface area contributed by atoms with E-state index in [1.165, 1.54) is 0 Å². The highest BCUT2D eigenvalue weighted by molar-refractivity contribution is 6.70. The van der Waals surface area contributed by atoms with Crippen LogP contribution in [0.2, 0.25) is 19.6 Å². The molecule has 3 aliphatic carbocycles. The van der Waals surface area contributed by atoms with Crippen molar-refractivity contribution in [1.82, 2.24) is 0 Å². The van der Waals surface area contributed by atoms with Crippen molar-refractivity contribution >= 4 is 19.9 Å². The van der Waals surface area contributed by atoms with Gasteiger partial charge in [-0.2, -0.15) is 0 Å². The average molecular weight is 308 g/mol. The summed E-state index contributed by atoms with van der Waals surface area (Å²) in [7, 11) is -1.72. The molecule has 0 spiro atoms. The van der Waals surface area contributed by atoms with E-state index in [9.17, 15) is 9.59 Å². The van der Waals surface area contributed by atoms with Gasteiger partial charge in [-0.25, -0.2) is 0 Å². The molecule has 0 N–H and O–H groups in total. The summed E-state index contributed by atoms with van der Waals surface area (Å²) in [6.07, 6.45) is 3.22. The summed E-state index contributed by atoms with van der Waals surface area (Å²) in [5, 5.41) is 0. The maximum atomic E-state index is 12.9. The average Bonchev–Trinajstić information content (AvgIpc) is 2.33. The molecule has 0 aromatic carbocycles. The molecule has 21 heavy (non-hydrogen) atoms. The minimum atomic E-state index is -1.72. The lowest BCUT2D eigenvalue weighted by molar-refractivity contribution is -0.154. The first kappa shape index (κ1) is 16.5. The predicted molar refractivity (Wildman–Crippen MR) is 86.3 cm³/mol. The first-order chi connectivity index (χ1) is 9.43. The molecule has 3 rings (SSSR count). The second-order valence-electron chi connectivity index (χ2n) is 8.26. The minimum Gasteiger partial charge on any atom is -0.547 e. The van der Waals surface area contributed by atoms with Gasteiger partial charge < -0.3 is 4.43 Å². The van der Waals surface area contributed by atoms with E-state index in [2.05, 4.69) is 19.6 Å². The molecule has 118 valence electrons. The van der Waals surface area contributed by atoms with Crippen LogP contribution < -0.4 is 0 Å². The first-order valence-corrected chi connectivity index (χ1v) is 11.3. The molecule has 3 atom stereocenters. The Morgan fingerprint density at radius 2 is 1.90 bits per heavy atom. The second-order valence-corrected chi connectivity index (χ2v) is 12.7. The van der Waals surface area contributed by atoms with Crippen molar-refractivity contribution in [3.8, 4) is 0 Å². The zero-order chi connectivity index (χ0) is 16.2. The van der Waals surface area contributed by atoms with Crippen molar-refractivity contribution < 1.29 is 14.0 Å². The lowest BCUT2D eigenvalue weighted by atomic mass is 9.48. The van der Waals surface area contributed by atoms with Crippen LogP contribution in [0, 0.1) is 22.7 Å². The molecule has 0 radical (unpaired) electrons. The maximum Gasteiger partial charge on any atom is 0.241 e. The zero-order valence-corrected chi connectivity index (χ0v) is 15.4. The Kier molecular flexibility index (Phi) is 3.76. The van der Waals surface area contributed by atoms with E-state index >= 15 is 0 Å². The molecule has 0 heterocycles. The molecule has 3 aliphatic rings. The largest absolute Gasteiger partial charge is 0.547 e. The lowest BCUT2D eigenvalue weighted by Crippen LogP contribution is -2.58. The highest BCUT2D eigenvalue weighted by atomic mass is 28.4. The Labute approximate surface area is 129 Å². The van der Waals surface area contributed by atoms with Crippen LogP contribution in [0.5, 0.6) is 0 Å². The topological polar surface area (TPSA) is 43.4 Å². The summed E-state index contributed by atoms with van der Waals surface area (Å²) >= 11 is 0. The van der Waals surface area contributed by atoms with Crippen LogP contribution in [0.3, 0.4) is 0 Å². The molecule has 3 nitrogen and oxygen atoms in total. The number of fused-ring (bicyclic) bond motifs is 2. The first-order valence-electron chi connectivity index (χ1n) is 7.93. The summed E-state index contributed by atoms with van der Waals surface area (Å²) in [5.41, 5.74) is -1.14. The van der Waals surface area contributed by atoms with Crippen LogP contribution in [-0.2, 0) is 14.0 Å². The fourth-order valence-corrected chi connectivity index (χ4v) is 4.89. The van der Waals surface area contributed by atoms with Gasteiger partial charge in [-0.3, -0.25) is 9.59 Å². The van der Waals surface area contributed by atoms with Gasteiger partial charge in [-0.05, 0) is 39.1 Å². The lowest BCUT2D eigenvalue weighted by Gasteiger charge is -2.54. The molecule has 0 aliphatic heterocycles. The standard InChI is InChI=1S/C17H28O3Si/c1-8-13(18)11-9-12-14(20-21(5,6)7)10-17(11,4)15(19)16(12,2)3/h10-12H,8-9H2,1-7H3/t11-,12+,17+/m1/s1. The Hall–Kier alpha value is -0.903. The molecular formula is C17H28O3Si. The van der Waals surface area contributed by atoms with Gasteiger partial charge in [0.15, 0.2) is 0 Å². The van der Waals surface area contributed by atoms with E-state index in [0.29, 0.717) is 6.42 Å². The van der Waals surface area contributed by atoms with E-state index in [-0.39, 0.29) is 23.4 Å². The molecule has 0 amide bonds. The third-order valence-electron chi connectivity index (χ3n) is 5.09. The summed E-state index contributed by atoms with van der Waals surface area (Å²) in [5.74, 6) is 1.22. The number of carbonyl (C=O) groups is 2. The smallest absolute Gasteiger partial charge is 0.241 e. The Morgan fingerprint density at radius 3 is 2.38 bits per heavy atom. The van der Waals surface area contributed by atoms with Crippen molar-refractivity contribution in [2.24, 2.45) is 22.7 Å². The van der Waals surface area contributed by atoms with Gasteiger partial charge in [0.1, 0.15) is 11.6 Å². The molecule has 1 fully saturated rings. The monoisotopic (exact) mass is 308 g/mol. The third kappa shape index (κ3) is 2.52. The van der Waals surface area contributed by atoms with Gasteiger partial charge in [-0.15, -0.1) is 0 Å². The quantitative estimate of drug-likeness (QED) is 0.739. The molecule has 4 heteroatoms. The Morgan fingerprint density at radius 1 is 1.33 bits per heavy atom. The second kappa shape index (κ2) is 4.80. The van der Waals surface area contributed by atoms with Crippen molar-refractivity contribution in [3.63, 3.8) is 0 Å². The number of rotatable bonds is 4. The highest BCUT2D eigenvalue weighted by Crippen LogP contribution is 2.58. The molecule has 0 aromatic heterocycles. The van der Waals surface area contributed by atoms with Gasteiger partial charge in [0, 0.05) is 23.7 Å². The summed E-state index contributed by atoms with van der Waals surface area (Å²) < 4.78 is 6.26. The van der Waals surface area contributed by atoms with Crippen LogP contribution in [0.25, 0.3) is 0 Å². The van der Waals surface area contributed by atoms with Crippen LogP contribution in [0.15, 0.2) is 11.8 Å². The summed E-state index contributed by atoms with van der Waals surface area (Å²) in [6.45, 7) is 14.3. The predicted octanol–water partition coefficient (Wildman–Crippen LogP) is 3.95. The molecule has 0 unspecified atom stereocenters. The number of hydrogen-bond donors (Lipinski definition) is 0. The fourth-order valence-electron chi connectivity index (χ4n) is 3.99. The van der Waals surface area contributed by atoms with Gasteiger partial charge in [0.2, 0.25) is 8.32 Å². The molecular weight excluding hydrogens is 280 g/mol. The van der Waals surface area contributed by atoms with Gasteiger partial charge >= 0.3 is 0 Å². The van der Waals surface area contributed by atoms with Crippen molar-refractivity contribution in [2.75, 3.05) is 0 Å². The molecule has 2 bridgehead atoms. The fraction of sp³-hybridized carbons (Fsp3) is 0.765. The number of carbonyl (C=O) groups excluding carboxylic acids is 2. The van der Waals surface area contributed by atoms with Crippen LogP contribution in [0.1, 0.15) is 40.5 Å². The highest BCUT2D eigenvalue weighted by Gasteiger charge is 2.61. The SMILES string of the molecule is CCC(=O)[C@H]1C[C@H]2C(O[Si](C)(C)C)=C[C@]1(C)C(=O)C2(C)C. The number of allylic oxidation sites excluding steroid dienone is 2. The van der Waals surface area contributed by atoms with Gasteiger partial charge in [0.25, 0.3) is 0 Å². The molecule has 0 aromatic rings. The van der Waals surface area contributed by atoms with E-state index in [0.717, 1.165) is 12.2 Å². The van der Waals surface area contributed by atoms with Crippen molar-refractivity contribution in [1.29, 1.82) is 0 Å². The number of Topliss-reactive ketones (excluding diaryl/α,β-unsaturated/α-hetero) is 2. The van der Waals surface area contributed by atoms with E-state index in [1.807, 2.05) is 33.8 Å².